The van der Waals surface area contributed by atoms with Crippen molar-refractivity contribution in [3.8, 4) is 11.1 Å². The van der Waals surface area contributed by atoms with Crippen molar-refractivity contribution in [3.63, 3.8) is 0 Å². The summed E-state index contributed by atoms with van der Waals surface area (Å²) in [6.45, 7) is 4.00. The zero-order valence-corrected chi connectivity index (χ0v) is 14.5. The quantitative estimate of drug-likeness (QED) is 0.723. The summed E-state index contributed by atoms with van der Waals surface area (Å²) in [5.74, 6) is 0. The number of benzene rings is 3. The largest absolute Gasteiger partial charge is 0.416 e. The zero-order chi connectivity index (χ0) is 19.4. The number of allylic oxidation sites excluding steroid dienone is 1. The molecule has 0 aromatic heterocycles. The monoisotopic (exact) mass is 365 g/mol. The maximum atomic E-state index is 12.7. The Labute approximate surface area is 155 Å². The van der Waals surface area contributed by atoms with Crippen LogP contribution in [0.3, 0.4) is 0 Å². The molecule has 0 saturated carbocycles. The number of halogens is 3. The summed E-state index contributed by atoms with van der Waals surface area (Å²) in [5.41, 5.74) is 8.44. The van der Waals surface area contributed by atoms with E-state index in [2.05, 4.69) is 6.58 Å². The minimum absolute atomic E-state index is 0.655. The van der Waals surface area contributed by atoms with Crippen molar-refractivity contribution in [2.45, 2.75) is 6.18 Å². The first-order valence-corrected chi connectivity index (χ1v) is 8.34. The Bertz CT molecular complexity index is 1060. The van der Waals surface area contributed by atoms with Crippen LogP contribution in [0.4, 0.5) is 13.2 Å². The Hall–Kier alpha value is -3.27. The molecule has 0 aliphatic rings. The predicted octanol–water partition coefficient (Wildman–Crippen LogP) is 4.56. The average Bonchev–Trinajstić information content (AvgIpc) is 2.67. The summed E-state index contributed by atoms with van der Waals surface area (Å²) in [7, 11) is 0. The van der Waals surface area contributed by atoms with Gasteiger partial charge in [-0.1, -0.05) is 67.2 Å². The van der Waals surface area contributed by atoms with Gasteiger partial charge in [-0.25, -0.2) is 0 Å². The second kappa shape index (κ2) is 7.54. The molecule has 0 radical (unpaired) electrons. The molecule has 136 valence electrons. The van der Waals surface area contributed by atoms with Gasteiger partial charge in [0.25, 0.3) is 0 Å². The third kappa shape index (κ3) is 4.29. The van der Waals surface area contributed by atoms with Crippen LogP contribution in [0.1, 0.15) is 11.1 Å². The molecule has 0 unspecified atom stereocenters. The van der Waals surface area contributed by atoms with Crippen molar-refractivity contribution in [2.24, 2.45) is 5.73 Å². The second-order valence-electron chi connectivity index (χ2n) is 6.12. The van der Waals surface area contributed by atoms with Gasteiger partial charge in [-0.15, -0.1) is 0 Å². The third-order valence-electron chi connectivity index (χ3n) is 4.31. The van der Waals surface area contributed by atoms with Crippen LogP contribution in [0.5, 0.6) is 0 Å². The summed E-state index contributed by atoms with van der Waals surface area (Å²) in [6, 6.07) is 20.4. The van der Waals surface area contributed by atoms with E-state index in [4.69, 9.17) is 5.73 Å². The van der Waals surface area contributed by atoms with Crippen molar-refractivity contribution in [2.75, 3.05) is 0 Å². The Balaban J connectivity index is 1.90. The van der Waals surface area contributed by atoms with Gasteiger partial charge in [0.2, 0.25) is 0 Å². The number of hydrogen-bond acceptors (Lipinski definition) is 1. The van der Waals surface area contributed by atoms with Crippen LogP contribution in [0.15, 0.2) is 79.0 Å². The smallest absolute Gasteiger partial charge is 0.404 e. The molecule has 0 fully saturated rings. The number of nitrogens with two attached hydrogens (primary N) is 1. The predicted molar refractivity (Wildman–Crippen MR) is 105 cm³/mol. The van der Waals surface area contributed by atoms with E-state index in [1.807, 2.05) is 54.6 Å². The lowest BCUT2D eigenvalue weighted by Gasteiger charge is -2.09. The molecule has 3 rings (SSSR count). The van der Waals surface area contributed by atoms with Gasteiger partial charge in [-0.3, -0.25) is 0 Å². The normalized spacial score (nSPS) is 13.0. The highest BCUT2D eigenvalue weighted by Crippen LogP contribution is 2.31. The molecule has 0 spiro atoms. The minimum Gasteiger partial charge on any atom is -0.404 e. The van der Waals surface area contributed by atoms with Gasteiger partial charge in [0.05, 0.1) is 5.56 Å². The molecule has 3 aromatic carbocycles. The van der Waals surface area contributed by atoms with Crippen LogP contribution < -0.4 is 16.2 Å². The standard InChI is InChI=1S/C23H18F3N/c1-16-4-2-3-5-20(16)14-21(15-27)19-8-6-17(7-9-19)18-10-12-22(13-11-18)23(24,25)26/h2-15H,1,27H2/b20-14-,21-15+. The fraction of sp³-hybridized carbons (Fsp3) is 0.0435. The molecule has 2 N–H and O–H groups in total. The molecular weight excluding hydrogens is 347 g/mol. The topological polar surface area (TPSA) is 26.0 Å². The molecule has 1 nitrogen and oxygen atoms in total. The Kier molecular flexibility index (Phi) is 5.17. The van der Waals surface area contributed by atoms with E-state index in [9.17, 15) is 13.2 Å². The minimum atomic E-state index is -4.33. The molecule has 0 bridgehead atoms. The van der Waals surface area contributed by atoms with Crippen molar-refractivity contribution in [1.29, 1.82) is 0 Å². The van der Waals surface area contributed by atoms with Gasteiger partial charge in [-0.05, 0) is 50.9 Å². The van der Waals surface area contributed by atoms with Gasteiger partial charge in [0, 0.05) is 6.20 Å². The van der Waals surface area contributed by atoms with Crippen LogP contribution in [0.2, 0.25) is 0 Å². The molecule has 0 atom stereocenters. The number of hydrogen-bond donors (Lipinski definition) is 1. The average molecular weight is 365 g/mol. The summed E-state index contributed by atoms with van der Waals surface area (Å²) < 4.78 is 38.1. The van der Waals surface area contributed by atoms with Crippen LogP contribution in [0, 0.1) is 0 Å². The van der Waals surface area contributed by atoms with Crippen LogP contribution in [0.25, 0.3) is 29.4 Å². The van der Waals surface area contributed by atoms with E-state index in [1.54, 1.807) is 0 Å². The molecule has 27 heavy (non-hydrogen) atoms. The van der Waals surface area contributed by atoms with Gasteiger partial charge in [-0.2, -0.15) is 13.2 Å². The summed E-state index contributed by atoms with van der Waals surface area (Å²) in [4.78, 5) is 0. The van der Waals surface area contributed by atoms with Crippen LogP contribution in [-0.2, 0) is 6.18 Å². The molecular formula is C23H18F3N. The lowest BCUT2D eigenvalue weighted by atomic mass is 9.99. The molecule has 3 aromatic rings. The van der Waals surface area contributed by atoms with Gasteiger partial charge in [0.1, 0.15) is 0 Å². The maximum Gasteiger partial charge on any atom is 0.416 e. The Morgan fingerprint density at radius 1 is 0.815 bits per heavy atom. The van der Waals surface area contributed by atoms with E-state index < -0.39 is 11.7 Å². The Morgan fingerprint density at radius 3 is 1.89 bits per heavy atom. The molecule has 0 aliphatic carbocycles. The van der Waals surface area contributed by atoms with Crippen molar-refractivity contribution >= 4 is 18.2 Å². The summed E-state index contributed by atoms with van der Waals surface area (Å²) in [6.07, 6.45) is -0.849. The molecule has 4 heteroatoms. The summed E-state index contributed by atoms with van der Waals surface area (Å²) in [5, 5.41) is 1.87. The third-order valence-corrected chi connectivity index (χ3v) is 4.31. The van der Waals surface area contributed by atoms with Gasteiger partial charge < -0.3 is 5.73 Å². The SMILES string of the molecule is C=c1cccc/c1=C/C(=C\N)c1ccc(-c2ccc(C(F)(F)F)cc2)cc1. The van der Waals surface area contributed by atoms with E-state index in [0.29, 0.717) is 0 Å². The number of alkyl halides is 3. The first kappa shape index (κ1) is 18.5. The van der Waals surface area contributed by atoms with Crippen LogP contribution >= 0.6 is 0 Å². The maximum absolute atomic E-state index is 12.7. The summed E-state index contributed by atoms with van der Waals surface area (Å²) >= 11 is 0. The first-order chi connectivity index (χ1) is 12.9. The zero-order valence-electron chi connectivity index (χ0n) is 14.5. The van der Waals surface area contributed by atoms with Crippen LogP contribution in [-0.4, -0.2) is 0 Å². The fourth-order valence-electron chi connectivity index (χ4n) is 2.78. The van der Waals surface area contributed by atoms with Crippen molar-refractivity contribution in [1.82, 2.24) is 0 Å². The van der Waals surface area contributed by atoms with Gasteiger partial charge >= 0.3 is 6.18 Å². The molecule has 0 saturated heterocycles. The molecule has 0 heterocycles. The highest BCUT2D eigenvalue weighted by Gasteiger charge is 2.29. The lowest BCUT2D eigenvalue weighted by molar-refractivity contribution is -0.137. The van der Waals surface area contributed by atoms with E-state index in [1.165, 1.54) is 18.3 Å². The van der Waals surface area contributed by atoms with E-state index in [-0.39, 0.29) is 0 Å². The molecule has 0 amide bonds. The first-order valence-electron chi connectivity index (χ1n) is 8.34. The highest BCUT2D eigenvalue weighted by molar-refractivity contribution is 5.88. The fourth-order valence-corrected chi connectivity index (χ4v) is 2.78. The van der Waals surface area contributed by atoms with E-state index in [0.717, 1.165) is 44.8 Å². The van der Waals surface area contributed by atoms with Crippen molar-refractivity contribution < 1.29 is 13.2 Å². The van der Waals surface area contributed by atoms with E-state index >= 15 is 0 Å². The highest BCUT2D eigenvalue weighted by atomic mass is 19.4. The number of rotatable bonds is 3. The second-order valence-corrected chi connectivity index (χ2v) is 6.12. The van der Waals surface area contributed by atoms with Gasteiger partial charge in [0.15, 0.2) is 0 Å². The lowest BCUT2D eigenvalue weighted by Crippen LogP contribution is -2.21. The Morgan fingerprint density at radius 2 is 1.37 bits per heavy atom. The molecule has 0 aliphatic heterocycles. The van der Waals surface area contributed by atoms with Crippen molar-refractivity contribution in [3.05, 3.63) is 101 Å².